The number of fused-ring (bicyclic) bond motifs is 1. The molecule has 0 saturated heterocycles. The van der Waals surface area contributed by atoms with Crippen molar-refractivity contribution in [3.8, 4) is 11.4 Å². The summed E-state index contributed by atoms with van der Waals surface area (Å²) in [6, 6.07) is 11.1. The Bertz CT molecular complexity index is 1210. The fourth-order valence-electron chi connectivity index (χ4n) is 3.43. The van der Waals surface area contributed by atoms with Gasteiger partial charge in [-0.2, -0.15) is 0 Å². The number of ether oxygens (including phenoxy) is 2. The highest BCUT2D eigenvalue weighted by Gasteiger charge is 2.23. The highest BCUT2D eigenvalue weighted by molar-refractivity contribution is 5.85. The van der Waals surface area contributed by atoms with E-state index in [1.807, 2.05) is 51.1 Å². The number of esters is 2. The molecule has 2 aromatic carbocycles. The molecule has 0 aliphatic heterocycles. The molecule has 9 nitrogen and oxygen atoms in total. The molecule has 0 aliphatic carbocycles. The summed E-state index contributed by atoms with van der Waals surface area (Å²) < 4.78 is 10.1. The molecule has 0 spiro atoms. The molecule has 0 unspecified atom stereocenters. The highest BCUT2D eigenvalue weighted by atomic mass is 16.6. The van der Waals surface area contributed by atoms with Crippen molar-refractivity contribution in [2.45, 2.75) is 52.4 Å². The van der Waals surface area contributed by atoms with Crippen LogP contribution >= 0.6 is 0 Å². The van der Waals surface area contributed by atoms with Crippen LogP contribution in [0, 0.1) is 0 Å². The van der Waals surface area contributed by atoms with E-state index in [4.69, 9.17) is 9.47 Å². The number of benzene rings is 2. The average molecular weight is 482 g/mol. The lowest BCUT2D eigenvalue weighted by molar-refractivity contribution is -0.145. The Kier molecular flexibility index (Phi) is 8.11. The SMILES string of the molecule is CC=C(O)C(=O)OCCCOC(=O)CCc1cc(-n2nc3ccccc3n2)c(O)c(C(C)(C)C)c1. The van der Waals surface area contributed by atoms with Crippen LogP contribution in [0.3, 0.4) is 0 Å². The molecule has 9 heteroatoms. The minimum Gasteiger partial charge on any atom is -0.505 e. The summed E-state index contributed by atoms with van der Waals surface area (Å²) >= 11 is 0. The number of allylic oxidation sites excluding steroid dienone is 1. The Morgan fingerprint density at radius 1 is 1.06 bits per heavy atom. The zero-order valence-corrected chi connectivity index (χ0v) is 20.4. The smallest absolute Gasteiger partial charge is 0.373 e. The largest absolute Gasteiger partial charge is 0.505 e. The summed E-state index contributed by atoms with van der Waals surface area (Å²) in [5.41, 5.74) is 3.10. The number of carbonyl (C=O) groups is 2. The van der Waals surface area contributed by atoms with Gasteiger partial charge in [0.15, 0.2) is 5.76 Å². The molecule has 186 valence electrons. The third kappa shape index (κ3) is 6.59. The number of carbonyl (C=O) groups excluding carboxylic acids is 2. The zero-order chi connectivity index (χ0) is 25.6. The molecule has 0 radical (unpaired) electrons. The molecular weight excluding hydrogens is 450 g/mol. The van der Waals surface area contributed by atoms with Gasteiger partial charge in [0.25, 0.3) is 0 Å². The predicted molar refractivity (Wildman–Crippen MR) is 130 cm³/mol. The molecule has 0 amide bonds. The van der Waals surface area contributed by atoms with Crippen LogP contribution in [0.25, 0.3) is 16.7 Å². The van der Waals surface area contributed by atoms with E-state index in [9.17, 15) is 19.8 Å². The number of rotatable bonds is 9. The molecule has 0 aliphatic rings. The van der Waals surface area contributed by atoms with E-state index in [-0.39, 0.29) is 36.8 Å². The van der Waals surface area contributed by atoms with Gasteiger partial charge in [0.2, 0.25) is 0 Å². The molecular formula is C26H31N3O6. The zero-order valence-electron chi connectivity index (χ0n) is 20.4. The van der Waals surface area contributed by atoms with E-state index >= 15 is 0 Å². The fraction of sp³-hybridized carbons (Fsp3) is 0.385. The second-order valence-electron chi connectivity index (χ2n) is 9.12. The van der Waals surface area contributed by atoms with Crippen molar-refractivity contribution in [2.75, 3.05) is 13.2 Å². The van der Waals surface area contributed by atoms with Gasteiger partial charge >= 0.3 is 11.9 Å². The van der Waals surface area contributed by atoms with Gasteiger partial charge in [0.05, 0.1) is 13.2 Å². The van der Waals surface area contributed by atoms with Crippen LogP contribution in [0.2, 0.25) is 0 Å². The number of aryl methyl sites for hydroxylation is 1. The Balaban J connectivity index is 1.66. The second-order valence-corrected chi connectivity index (χ2v) is 9.12. The van der Waals surface area contributed by atoms with Crippen molar-refractivity contribution in [1.82, 2.24) is 15.0 Å². The van der Waals surface area contributed by atoms with Gasteiger partial charge in [-0.25, -0.2) is 4.79 Å². The van der Waals surface area contributed by atoms with Crippen molar-refractivity contribution in [1.29, 1.82) is 0 Å². The quantitative estimate of drug-likeness (QED) is 0.201. The monoisotopic (exact) mass is 481 g/mol. The normalized spacial score (nSPS) is 12.1. The number of aliphatic hydroxyl groups excluding tert-OH is 1. The average Bonchev–Trinajstić information content (AvgIpc) is 3.25. The van der Waals surface area contributed by atoms with Crippen molar-refractivity contribution >= 4 is 23.0 Å². The van der Waals surface area contributed by atoms with Crippen LogP contribution in [0.4, 0.5) is 0 Å². The number of aromatic hydroxyl groups is 1. The number of hydrogen-bond donors (Lipinski definition) is 2. The van der Waals surface area contributed by atoms with E-state index in [0.29, 0.717) is 29.6 Å². The molecule has 3 rings (SSSR count). The first-order valence-corrected chi connectivity index (χ1v) is 11.5. The van der Waals surface area contributed by atoms with Crippen molar-refractivity contribution in [3.63, 3.8) is 0 Å². The number of phenols is 1. The summed E-state index contributed by atoms with van der Waals surface area (Å²) in [5, 5.41) is 29.2. The van der Waals surface area contributed by atoms with Crippen molar-refractivity contribution in [2.24, 2.45) is 0 Å². The highest BCUT2D eigenvalue weighted by Crippen LogP contribution is 2.36. The van der Waals surface area contributed by atoms with Crippen LogP contribution in [-0.2, 0) is 30.9 Å². The molecule has 1 heterocycles. The molecule has 35 heavy (non-hydrogen) atoms. The van der Waals surface area contributed by atoms with E-state index in [1.54, 1.807) is 6.07 Å². The molecule has 0 atom stereocenters. The number of nitrogens with zero attached hydrogens (tertiary/aromatic N) is 3. The maximum atomic E-state index is 12.2. The van der Waals surface area contributed by atoms with Crippen LogP contribution < -0.4 is 0 Å². The van der Waals surface area contributed by atoms with E-state index < -0.39 is 11.7 Å². The Morgan fingerprint density at radius 2 is 1.69 bits per heavy atom. The summed E-state index contributed by atoms with van der Waals surface area (Å²) in [7, 11) is 0. The Hall–Kier alpha value is -3.88. The van der Waals surface area contributed by atoms with Gasteiger partial charge in [-0.3, -0.25) is 4.79 Å². The van der Waals surface area contributed by atoms with Gasteiger partial charge in [-0.15, -0.1) is 15.0 Å². The first kappa shape index (κ1) is 25.7. The topological polar surface area (TPSA) is 124 Å². The third-order valence-electron chi connectivity index (χ3n) is 5.34. The van der Waals surface area contributed by atoms with Crippen molar-refractivity contribution in [3.05, 3.63) is 59.4 Å². The first-order valence-electron chi connectivity index (χ1n) is 11.5. The first-order chi connectivity index (χ1) is 16.6. The van der Waals surface area contributed by atoms with Gasteiger partial charge < -0.3 is 19.7 Å². The lowest BCUT2D eigenvalue weighted by Gasteiger charge is -2.23. The second kappa shape index (κ2) is 11.0. The van der Waals surface area contributed by atoms with Crippen molar-refractivity contribution < 1.29 is 29.3 Å². The minimum atomic E-state index is -0.809. The molecule has 0 bridgehead atoms. The van der Waals surface area contributed by atoms with Crippen LogP contribution in [0.1, 0.15) is 51.7 Å². The fourth-order valence-corrected chi connectivity index (χ4v) is 3.43. The summed E-state index contributed by atoms with van der Waals surface area (Å²) in [6.45, 7) is 7.65. The molecule has 3 aromatic rings. The molecule has 2 N–H and O–H groups in total. The predicted octanol–water partition coefficient (Wildman–Crippen LogP) is 4.29. The number of aromatic nitrogens is 3. The van der Waals surface area contributed by atoms with Gasteiger partial charge in [0.1, 0.15) is 22.5 Å². The number of aliphatic hydroxyl groups is 1. The van der Waals surface area contributed by atoms with Crippen LogP contribution in [-0.4, -0.2) is 50.4 Å². The number of phenolic OH excluding ortho intramolecular Hbond substituents is 1. The number of hydrogen-bond acceptors (Lipinski definition) is 8. The van der Waals surface area contributed by atoms with Crippen LogP contribution in [0.5, 0.6) is 5.75 Å². The standard InChI is InChI=1S/C26H31N3O6/c1-5-22(30)25(33)35-14-8-13-34-23(31)12-11-17-15-18(26(2,3)4)24(32)21(16-17)29-27-19-9-6-7-10-20(19)28-29/h5-7,9-10,15-16,30,32H,8,11-14H2,1-4H3. The molecule has 0 saturated carbocycles. The van der Waals surface area contributed by atoms with E-state index in [1.165, 1.54) is 17.8 Å². The summed E-state index contributed by atoms with van der Waals surface area (Å²) in [6.07, 6.45) is 2.11. The van der Waals surface area contributed by atoms with E-state index in [0.717, 1.165) is 11.1 Å². The Morgan fingerprint density at radius 3 is 2.29 bits per heavy atom. The minimum absolute atomic E-state index is 0.0332. The van der Waals surface area contributed by atoms with Gasteiger partial charge in [-0.05, 0) is 48.6 Å². The summed E-state index contributed by atoms with van der Waals surface area (Å²) in [5.74, 6) is -1.55. The Labute approximate surface area is 204 Å². The summed E-state index contributed by atoms with van der Waals surface area (Å²) in [4.78, 5) is 25.0. The van der Waals surface area contributed by atoms with Gasteiger partial charge in [-0.1, -0.05) is 39.0 Å². The van der Waals surface area contributed by atoms with Crippen LogP contribution in [0.15, 0.2) is 48.2 Å². The van der Waals surface area contributed by atoms with Gasteiger partial charge in [0, 0.05) is 18.4 Å². The maximum absolute atomic E-state index is 12.2. The molecule has 1 aromatic heterocycles. The van der Waals surface area contributed by atoms with E-state index in [2.05, 4.69) is 10.2 Å². The third-order valence-corrected chi connectivity index (χ3v) is 5.34. The lowest BCUT2D eigenvalue weighted by Crippen LogP contribution is -2.15. The lowest BCUT2D eigenvalue weighted by atomic mass is 9.84. The molecule has 0 fully saturated rings. The maximum Gasteiger partial charge on any atom is 0.373 e.